The van der Waals surface area contributed by atoms with Gasteiger partial charge in [0.05, 0.1) is 6.61 Å². The van der Waals surface area contributed by atoms with Crippen molar-refractivity contribution in [3.05, 3.63) is 29.8 Å². The summed E-state index contributed by atoms with van der Waals surface area (Å²) in [6.45, 7) is 0.596. The molecule has 0 saturated heterocycles. The van der Waals surface area contributed by atoms with Gasteiger partial charge in [-0.15, -0.1) is 0 Å². The van der Waals surface area contributed by atoms with Crippen molar-refractivity contribution in [2.75, 3.05) is 25.1 Å². The predicted octanol–water partition coefficient (Wildman–Crippen LogP) is 0.676. The number of para-hydroxylation sites is 1. The van der Waals surface area contributed by atoms with Crippen LogP contribution in [0.4, 0.5) is 5.69 Å². The van der Waals surface area contributed by atoms with Gasteiger partial charge < -0.3 is 15.3 Å². The first-order valence-corrected chi connectivity index (χ1v) is 5.43. The number of carbonyl (C=O) groups excluding carboxylic acids is 1. The monoisotopic (exact) mass is 220 g/mol. The molecule has 0 radical (unpaired) electrons. The Morgan fingerprint density at radius 2 is 2.25 bits per heavy atom. The lowest BCUT2D eigenvalue weighted by Crippen LogP contribution is -2.38. The van der Waals surface area contributed by atoms with Crippen molar-refractivity contribution < 1.29 is 9.90 Å². The van der Waals surface area contributed by atoms with Crippen LogP contribution >= 0.6 is 0 Å². The molecule has 86 valence electrons. The number of nitrogens with zero attached hydrogens (tertiary/aromatic N) is 1. The number of hydrogen-bond donors (Lipinski definition) is 2. The second-order valence-electron chi connectivity index (χ2n) is 3.95. The minimum absolute atomic E-state index is 0.0204. The van der Waals surface area contributed by atoms with Crippen molar-refractivity contribution in [3.8, 4) is 0 Å². The Morgan fingerprint density at radius 1 is 1.50 bits per heavy atom. The van der Waals surface area contributed by atoms with Crippen LogP contribution in [-0.4, -0.2) is 31.2 Å². The van der Waals surface area contributed by atoms with Crippen LogP contribution in [0.5, 0.6) is 0 Å². The Kier molecular flexibility index (Phi) is 3.22. The highest BCUT2D eigenvalue weighted by atomic mass is 16.3. The van der Waals surface area contributed by atoms with E-state index in [4.69, 9.17) is 5.11 Å². The number of hydrogen-bond acceptors (Lipinski definition) is 3. The first-order chi connectivity index (χ1) is 7.74. The van der Waals surface area contributed by atoms with Gasteiger partial charge in [-0.3, -0.25) is 4.79 Å². The average molecular weight is 220 g/mol. The van der Waals surface area contributed by atoms with Crippen LogP contribution in [0, 0.1) is 0 Å². The molecule has 1 aromatic carbocycles. The van der Waals surface area contributed by atoms with Crippen molar-refractivity contribution in [2.45, 2.75) is 12.5 Å². The summed E-state index contributed by atoms with van der Waals surface area (Å²) in [5.74, 6) is 0.106. The molecule has 0 aliphatic carbocycles. The molecule has 0 aromatic heterocycles. The largest absolute Gasteiger partial charge is 0.395 e. The third kappa shape index (κ3) is 1.94. The van der Waals surface area contributed by atoms with Crippen LogP contribution in [0.3, 0.4) is 0 Å². The van der Waals surface area contributed by atoms with Gasteiger partial charge in [0.1, 0.15) is 0 Å². The Hall–Kier alpha value is -1.39. The highest BCUT2D eigenvalue weighted by molar-refractivity contribution is 5.96. The van der Waals surface area contributed by atoms with E-state index < -0.39 is 0 Å². The van der Waals surface area contributed by atoms with Gasteiger partial charge >= 0.3 is 0 Å². The zero-order chi connectivity index (χ0) is 11.5. The van der Waals surface area contributed by atoms with Gasteiger partial charge in [0.15, 0.2) is 0 Å². The number of carbonyl (C=O) groups is 1. The van der Waals surface area contributed by atoms with Gasteiger partial charge in [-0.2, -0.15) is 0 Å². The molecule has 1 aliphatic heterocycles. The van der Waals surface area contributed by atoms with E-state index in [2.05, 4.69) is 5.32 Å². The number of benzene rings is 1. The van der Waals surface area contributed by atoms with E-state index >= 15 is 0 Å². The smallest absolute Gasteiger partial charge is 0.228 e. The molecule has 2 rings (SSSR count). The van der Waals surface area contributed by atoms with E-state index in [-0.39, 0.29) is 18.6 Å². The van der Waals surface area contributed by atoms with E-state index in [9.17, 15) is 4.79 Å². The number of nitrogens with one attached hydrogen (secondary N) is 1. The Bertz CT molecular complexity index is 392. The number of anilines is 1. The fourth-order valence-corrected chi connectivity index (χ4v) is 2.06. The molecule has 0 saturated carbocycles. The van der Waals surface area contributed by atoms with Crippen LogP contribution in [0.1, 0.15) is 18.0 Å². The summed E-state index contributed by atoms with van der Waals surface area (Å²) in [5, 5.41) is 12.0. The van der Waals surface area contributed by atoms with Crippen molar-refractivity contribution in [1.29, 1.82) is 0 Å². The molecule has 4 heteroatoms. The summed E-state index contributed by atoms with van der Waals surface area (Å²) in [4.78, 5) is 13.4. The lowest BCUT2D eigenvalue weighted by molar-refractivity contribution is -0.119. The summed E-state index contributed by atoms with van der Waals surface area (Å²) in [6, 6.07) is 7.88. The third-order valence-corrected chi connectivity index (χ3v) is 2.93. The van der Waals surface area contributed by atoms with E-state index in [1.54, 1.807) is 11.9 Å². The molecular formula is C12H16N2O2. The molecule has 0 fully saturated rings. The maximum Gasteiger partial charge on any atom is 0.228 e. The van der Waals surface area contributed by atoms with Crippen LogP contribution in [0.2, 0.25) is 0 Å². The van der Waals surface area contributed by atoms with Gasteiger partial charge in [-0.1, -0.05) is 18.2 Å². The number of aliphatic hydroxyl groups excluding tert-OH is 1. The highest BCUT2D eigenvalue weighted by Gasteiger charge is 2.27. The molecule has 16 heavy (non-hydrogen) atoms. The quantitative estimate of drug-likeness (QED) is 0.787. The van der Waals surface area contributed by atoms with Gasteiger partial charge in [-0.25, -0.2) is 0 Å². The summed E-state index contributed by atoms with van der Waals surface area (Å²) < 4.78 is 0. The van der Waals surface area contributed by atoms with Crippen LogP contribution in [-0.2, 0) is 4.79 Å². The van der Waals surface area contributed by atoms with Crippen LogP contribution in [0.15, 0.2) is 24.3 Å². The van der Waals surface area contributed by atoms with Gasteiger partial charge in [0, 0.05) is 31.7 Å². The SMILES string of the molecule is CN1C(=O)CC(NCCO)c2ccccc21. The molecule has 1 atom stereocenters. The van der Waals surface area contributed by atoms with Crippen molar-refractivity contribution in [3.63, 3.8) is 0 Å². The second kappa shape index (κ2) is 4.63. The zero-order valence-electron chi connectivity index (χ0n) is 9.31. The summed E-state index contributed by atoms with van der Waals surface area (Å²) in [6.07, 6.45) is 0.452. The molecule has 1 amide bonds. The number of amides is 1. The number of rotatable bonds is 3. The summed E-state index contributed by atoms with van der Waals surface area (Å²) in [5.41, 5.74) is 2.08. The fourth-order valence-electron chi connectivity index (χ4n) is 2.06. The average Bonchev–Trinajstić information content (AvgIpc) is 2.32. The molecule has 0 bridgehead atoms. The lowest BCUT2D eigenvalue weighted by atomic mass is 9.96. The van der Waals surface area contributed by atoms with Gasteiger partial charge in [-0.05, 0) is 11.6 Å². The first kappa shape index (κ1) is 11.1. The minimum Gasteiger partial charge on any atom is -0.395 e. The van der Waals surface area contributed by atoms with E-state index in [0.29, 0.717) is 13.0 Å². The topological polar surface area (TPSA) is 52.6 Å². The van der Waals surface area contributed by atoms with E-state index in [0.717, 1.165) is 11.3 Å². The van der Waals surface area contributed by atoms with Gasteiger partial charge in [0.25, 0.3) is 0 Å². The van der Waals surface area contributed by atoms with Crippen molar-refractivity contribution in [2.24, 2.45) is 0 Å². The molecule has 1 unspecified atom stereocenters. The van der Waals surface area contributed by atoms with E-state index in [1.165, 1.54) is 0 Å². The van der Waals surface area contributed by atoms with Crippen molar-refractivity contribution >= 4 is 11.6 Å². The molecule has 1 heterocycles. The second-order valence-corrected chi connectivity index (χ2v) is 3.95. The highest BCUT2D eigenvalue weighted by Crippen LogP contribution is 2.32. The minimum atomic E-state index is 0.0204. The normalized spacial score (nSPS) is 19.8. The third-order valence-electron chi connectivity index (χ3n) is 2.93. The first-order valence-electron chi connectivity index (χ1n) is 5.43. The maximum absolute atomic E-state index is 11.8. The van der Waals surface area contributed by atoms with E-state index in [1.807, 2.05) is 24.3 Å². The summed E-state index contributed by atoms with van der Waals surface area (Å²) in [7, 11) is 1.80. The Morgan fingerprint density at radius 3 is 3.00 bits per heavy atom. The molecule has 2 N–H and O–H groups in total. The fraction of sp³-hybridized carbons (Fsp3) is 0.417. The van der Waals surface area contributed by atoms with Crippen molar-refractivity contribution in [1.82, 2.24) is 5.32 Å². The predicted molar refractivity (Wildman–Crippen MR) is 62.3 cm³/mol. The molecule has 1 aliphatic rings. The Labute approximate surface area is 94.9 Å². The van der Waals surface area contributed by atoms with Crippen LogP contribution < -0.4 is 10.2 Å². The lowest BCUT2D eigenvalue weighted by Gasteiger charge is -2.32. The molecule has 1 aromatic rings. The zero-order valence-corrected chi connectivity index (χ0v) is 9.31. The standard InChI is InChI=1S/C12H16N2O2/c1-14-11-5-3-2-4-9(11)10(8-12(14)16)13-6-7-15/h2-5,10,13,15H,6-8H2,1H3. The molecule has 0 spiro atoms. The molecular weight excluding hydrogens is 204 g/mol. The Balaban J connectivity index is 2.29. The number of aliphatic hydroxyl groups is 1. The summed E-state index contributed by atoms with van der Waals surface area (Å²) >= 11 is 0. The van der Waals surface area contributed by atoms with Crippen LogP contribution in [0.25, 0.3) is 0 Å². The van der Waals surface area contributed by atoms with Gasteiger partial charge in [0.2, 0.25) is 5.91 Å². The number of fused-ring (bicyclic) bond motifs is 1. The molecule has 4 nitrogen and oxygen atoms in total. The maximum atomic E-state index is 11.8.